The van der Waals surface area contributed by atoms with E-state index in [9.17, 15) is 18.4 Å². The summed E-state index contributed by atoms with van der Waals surface area (Å²) in [6, 6.07) is 3.71. The molecule has 0 aromatic heterocycles. The Hall–Kier alpha value is -2.42. The van der Waals surface area contributed by atoms with Crippen molar-refractivity contribution in [1.82, 2.24) is 10.6 Å². The summed E-state index contributed by atoms with van der Waals surface area (Å²) in [4.78, 5) is 23.5. The molecule has 1 atom stereocenters. The largest absolute Gasteiger partial charge is 0.490 e. The molecule has 7 nitrogen and oxygen atoms in total. The minimum Gasteiger partial charge on any atom is -0.490 e. The van der Waals surface area contributed by atoms with E-state index in [4.69, 9.17) is 10.5 Å². The van der Waals surface area contributed by atoms with Gasteiger partial charge in [-0.05, 0) is 30.5 Å². The van der Waals surface area contributed by atoms with Crippen LogP contribution in [0.1, 0.15) is 26.3 Å². The maximum atomic E-state index is 12.4. The monoisotopic (exact) mass is 373 g/mol. The van der Waals surface area contributed by atoms with Crippen LogP contribution in [0.2, 0.25) is 0 Å². The van der Waals surface area contributed by atoms with Crippen molar-refractivity contribution in [2.24, 2.45) is 11.7 Å². The van der Waals surface area contributed by atoms with Crippen LogP contribution in [0.4, 0.5) is 8.78 Å². The van der Waals surface area contributed by atoms with Gasteiger partial charge in [-0.3, -0.25) is 9.59 Å². The Balaban J connectivity index is 2.57. The van der Waals surface area contributed by atoms with Crippen LogP contribution in [0.25, 0.3) is 0 Å². The highest BCUT2D eigenvalue weighted by molar-refractivity contribution is 5.87. The number of nitrogens with one attached hydrogen (secondary N) is 2. The van der Waals surface area contributed by atoms with Gasteiger partial charge in [-0.25, -0.2) is 0 Å². The third-order valence-corrected chi connectivity index (χ3v) is 3.46. The van der Waals surface area contributed by atoms with Crippen molar-refractivity contribution in [3.8, 4) is 11.5 Å². The summed E-state index contributed by atoms with van der Waals surface area (Å²) in [5, 5.41) is 5.07. The molecule has 0 saturated carbocycles. The fraction of sp³-hybridized carbons (Fsp3) is 0.529. The molecule has 0 fully saturated rings. The number of amides is 2. The van der Waals surface area contributed by atoms with Gasteiger partial charge in [-0.1, -0.05) is 19.9 Å². The molecule has 0 aliphatic heterocycles. The number of rotatable bonds is 10. The summed E-state index contributed by atoms with van der Waals surface area (Å²) in [5.74, 6) is -0.755. The molecule has 0 unspecified atom stereocenters. The summed E-state index contributed by atoms with van der Waals surface area (Å²) in [5.41, 5.74) is 6.32. The number of halogens is 2. The Morgan fingerprint density at radius 2 is 1.88 bits per heavy atom. The van der Waals surface area contributed by atoms with Crippen LogP contribution in [0.15, 0.2) is 18.2 Å². The topological polar surface area (TPSA) is 103 Å². The minimum atomic E-state index is -2.96. The van der Waals surface area contributed by atoms with E-state index >= 15 is 0 Å². The third kappa shape index (κ3) is 7.22. The zero-order chi connectivity index (χ0) is 19.7. The van der Waals surface area contributed by atoms with Gasteiger partial charge in [0.1, 0.15) is 0 Å². The van der Waals surface area contributed by atoms with Gasteiger partial charge >= 0.3 is 6.61 Å². The molecule has 0 bridgehead atoms. The lowest BCUT2D eigenvalue weighted by Gasteiger charge is -2.15. The van der Waals surface area contributed by atoms with Crippen LogP contribution in [0.3, 0.4) is 0 Å². The maximum absolute atomic E-state index is 12.4. The molecular weight excluding hydrogens is 348 g/mol. The van der Waals surface area contributed by atoms with E-state index in [1.54, 1.807) is 6.92 Å². The summed E-state index contributed by atoms with van der Waals surface area (Å²) in [6.45, 7) is 2.58. The zero-order valence-electron chi connectivity index (χ0n) is 15.1. The van der Waals surface area contributed by atoms with Crippen molar-refractivity contribution in [3.63, 3.8) is 0 Å². The van der Waals surface area contributed by atoms with Crippen molar-refractivity contribution >= 4 is 11.8 Å². The number of ether oxygens (including phenoxy) is 2. The lowest BCUT2D eigenvalue weighted by molar-refractivity contribution is -0.127. The number of nitrogens with two attached hydrogens (primary N) is 1. The van der Waals surface area contributed by atoms with E-state index in [0.717, 1.165) is 0 Å². The first-order chi connectivity index (χ1) is 12.2. The smallest absolute Gasteiger partial charge is 0.387 e. The second-order valence-electron chi connectivity index (χ2n) is 5.86. The van der Waals surface area contributed by atoms with Crippen molar-refractivity contribution < 1.29 is 27.8 Å². The molecule has 146 valence electrons. The van der Waals surface area contributed by atoms with Gasteiger partial charge in [0.05, 0.1) is 19.2 Å². The van der Waals surface area contributed by atoms with E-state index in [0.29, 0.717) is 5.56 Å². The van der Waals surface area contributed by atoms with Gasteiger partial charge in [-0.2, -0.15) is 8.78 Å². The molecule has 0 aliphatic carbocycles. The molecule has 26 heavy (non-hydrogen) atoms. The Labute approximate surface area is 151 Å². The number of benzene rings is 1. The fourth-order valence-corrected chi connectivity index (χ4v) is 1.98. The second-order valence-corrected chi connectivity index (χ2v) is 5.86. The predicted molar refractivity (Wildman–Crippen MR) is 91.9 cm³/mol. The molecule has 1 aromatic carbocycles. The third-order valence-electron chi connectivity index (χ3n) is 3.46. The number of carbonyl (C=O) groups excluding carboxylic acids is 2. The van der Waals surface area contributed by atoms with Gasteiger partial charge in [0.15, 0.2) is 11.5 Å². The van der Waals surface area contributed by atoms with Gasteiger partial charge in [-0.15, -0.1) is 0 Å². The molecule has 1 rings (SSSR count). The summed E-state index contributed by atoms with van der Waals surface area (Å²) in [7, 11) is 0. The number of hydrogen-bond donors (Lipinski definition) is 3. The molecule has 1 aromatic rings. The maximum Gasteiger partial charge on any atom is 0.387 e. The van der Waals surface area contributed by atoms with Crippen molar-refractivity contribution in [3.05, 3.63) is 23.8 Å². The average molecular weight is 373 g/mol. The molecule has 0 radical (unpaired) electrons. The van der Waals surface area contributed by atoms with Crippen molar-refractivity contribution in [1.29, 1.82) is 0 Å². The van der Waals surface area contributed by atoms with Gasteiger partial charge in [0.2, 0.25) is 11.8 Å². The summed E-state index contributed by atoms with van der Waals surface area (Å²) in [6.07, 6.45) is 0. The first-order valence-corrected chi connectivity index (χ1v) is 8.25. The quantitative estimate of drug-likeness (QED) is 0.575. The van der Waals surface area contributed by atoms with E-state index < -0.39 is 24.5 Å². The van der Waals surface area contributed by atoms with Crippen molar-refractivity contribution in [2.45, 2.75) is 40.0 Å². The normalized spacial score (nSPS) is 12.0. The van der Waals surface area contributed by atoms with Crippen LogP contribution < -0.4 is 25.8 Å². The standard InChI is InChI=1S/C17H25F2N3O4/c1-4-25-13-7-11(5-6-12(13)26-17(18)19)8-21-14(23)9-22-16(24)15(20)10(2)3/h5-7,10,15,17H,4,8-9,20H2,1-3H3,(H,21,23)(H,22,24)/t15-/m0/s1. The lowest BCUT2D eigenvalue weighted by atomic mass is 10.1. The SMILES string of the molecule is CCOc1cc(CNC(=O)CNC(=O)[C@@H](N)C(C)C)ccc1OC(F)F. The van der Waals surface area contributed by atoms with Crippen LogP contribution in [0.5, 0.6) is 11.5 Å². The molecule has 0 spiro atoms. The molecule has 2 amide bonds. The number of carbonyl (C=O) groups is 2. The van der Waals surface area contributed by atoms with Crippen LogP contribution >= 0.6 is 0 Å². The number of hydrogen-bond acceptors (Lipinski definition) is 5. The molecule has 0 aliphatic rings. The van der Waals surface area contributed by atoms with Crippen LogP contribution in [-0.2, 0) is 16.1 Å². The predicted octanol–water partition coefficient (Wildman–Crippen LogP) is 1.40. The van der Waals surface area contributed by atoms with Crippen molar-refractivity contribution in [2.75, 3.05) is 13.2 Å². The second kappa shape index (κ2) is 10.5. The summed E-state index contributed by atoms with van der Waals surface area (Å²) < 4.78 is 34.4. The highest BCUT2D eigenvalue weighted by Crippen LogP contribution is 2.29. The van der Waals surface area contributed by atoms with Crippen LogP contribution in [0, 0.1) is 5.92 Å². The van der Waals surface area contributed by atoms with E-state index in [1.807, 2.05) is 13.8 Å². The average Bonchev–Trinajstić information content (AvgIpc) is 2.58. The Bertz CT molecular complexity index is 612. The van der Waals surface area contributed by atoms with Crippen LogP contribution in [-0.4, -0.2) is 37.6 Å². The molecule has 9 heteroatoms. The van der Waals surface area contributed by atoms with E-state index in [2.05, 4.69) is 15.4 Å². The Morgan fingerprint density at radius 3 is 2.46 bits per heavy atom. The zero-order valence-corrected chi connectivity index (χ0v) is 15.1. The van der Waals surface area contributed by atoms with E-state index in [-0.39, 0.29) is 37.1 Å². The lowest BCUT2D eigenvalue weighted by Crippen LogP contribution is -2.47. The molecule has 0 heterocycles. The van der Waals surface area contributed by atoms with Gasteiger partial charge in [0, 0.05) is 6.54 Å². The highest BCUT2D eigenvalue weighted by Gasteiger charge is 2.17. The highest BCUT2D eigenvalue weighted by atomic mass is 19.3. The number of alkyl halides is 2. The Morgan fingerprint density at radius 1 is 1.19 bits per heavy atom. The molecular formula is C17H25F2N3O4. The molecule has 4 N–H and O–H groups in total. The van der Waals surface area contributed by atoms with E-state index in [1.165, 1.54) is 18.2 Å². The van der Waals surface area contributed by atoms with Gasteiger partial charge in [0.25, 0.3) is 0 Å². The Kier molecular flexibility index (Phi) is 8.77. The van der Waals surface area contributed by atoms with Gasteiger partial charge < -0.3 is 25.8 Å². The first-order valence-electron chi connectivity index (χ1n) is 8.25. The first kappa shape index (κ1) is 21.6. The molecule has 0 saturated heterocycles. The fourth-order valence-electron chi connectivity index (χ4n) is 1.98. The summed E-state index contributed by atoms with van der Waals surface area (Å²) >= 11 is 0. The minimum absolute atomic E-state index is 0.0379.